The molecule has 0 spiro atoms. The molecule has 2 unspecified atom stereocenters. The van der Waals surface area contributed by atoms with E-state index in [9.17, 15) is 8.42 Å². The smallest absolute Gasteiger partial charge is 0.166 e. The van der Waals surface area contributed by atoms with Gasteiger partial charge >= 0.3 is 0 Å². The van der Waals surface area contributed by atoms with E-state index in [1.54, 1.807) is 0 Å². The Morgan fingerprint density at radius 3 is 2.73 bits per heavy atom. The minimum Gasteiger partial charge on any atom is -0.360 e. The molecule has 2 N–H and O–H groups in total. The number of rotatable bonds is 3. The molecule has 0 bridgehead atoms. The van der Waals surface area contributed by atoms with Crippen LogP contribution < -0.4 is 10.6 Å². The Hall–Kier alpha value is -0.360. The van der Waals surface area contributed by atoms with Crippen LogP contribution in [0.15, 0.2) is 0 Å². The van der Waals surface area contributed by atoms with Crippen molar-refractivity contribution in [3.05, 3.63) is 0 Å². The van der Waals surface area contributed by atoms with Gasteiger partial charge < -0.3 is 10.6 Å². The second-order valence-electron chi connectivity index (χ2n) is 4.03. The fraction of sp³-hybridized carbons (Fsp3) is 0.889. The van der Waals surface area contributed by atoms with E-state index in [4.69, 9.17) is 12.2 Å². The van der Waals surface area contributed by atoms with Gasteiger partial charge in [-0.2, -0.15) is 0 Å². The van der Waals surface area contributed by atoms with Crippen LogP contribution in [-0.4, -0.2) is 37.1 Å². The van der Waals surface area contributed by atoms with Crippen molar-refractivity contribution < 1.29 is 8.42 Å². The summed E-state index contributed by atoms with van der Waals surface area (Å²) in [6.07, 6.45) is 1.65. The molecule has 2 atom stereocenters. The maximum Gasteiger partial charge on any atom is 0.166 e. The van der Waals surface area contributed by atoms with Gasteiger partial charge in [0.15, 0.2) is 14.9 Å². The maximum absolute atomic E-state index is 11.2. The summed E-state index contributed by atoms with van der Waals surface area (Å²) >= 11 is 5.09. The summed E-state index contributed by atoms with van der Waals surface area (Å²) in [5.74, 6) is 0.478. The van der Waals surface area contributed by atoms with Gasteiger partial charge in [-0.05, 0) is 32.0 Å². The molecule has 0 aromatic carbocycles. The lowest BCUT2D eigenvalue weighted by atomic mass is 10.2. The molecule has 1 fully saturated rings. The number of hydrogen-bond acceptors (Lipinski definition) is 3. The Balaban J connectivity index is 2.34. The lowest BCUT2D eigenvalue weighted by Crippen LogP contribution is -2.45. The van der Waals surface area contributed by atoms with E-state index < -0.39 is 9.84 Å². The standard InChI is InChI=1S/C9H18N2O2S2/c1-3-7(2)10-9(14)11-8-4-5-15(12,13)6-8/h7-8H,3-6H2,1-2H3,(H2,10,11,14). The van der Waals surface area contributed by atoms with E-state index in [1.165, 1.54) is 0 Å². The average molecular weight is 250 g/mol. The van der Waals surface area contributed by atoms with Gasteiger partial charge in [-0.25, -0.2) is 8.42 Å². The van der Waals surface area contributed by atoms with Crippen LogP contribution in [0.1, 0.15) is 26.7 Å². The van der Waals surface area contributed by atoms with Crippen LogP contribution in [0, 0.1) is 0 Å². The molecule has 0 aromatic heterocycles. The van der Waals surface area contributed by atoms with Gasteiger partial charge in [0.2, 0.25) is 0 Å². The molecule has 6 heteroatoms. The van der Waals surface area contributed by atoms with Crippen LogP contribution in [0.5, 0.6) is 0 Å². The molecular weight excluding hydrogens is 232 g/mol. The highest BCUT2D eigenvalue weighted by molar-refractivity contribution is 7.91. The molecule has 0 aliphatic carbocycles. The van der Waals surface area contributed by atoms with E-state index in [0.29, 0.717) is 17.6 Å². The summed E-state index contributed by atoms with van der Waals surface area (Å²) in [6.45, 7) is 4.11. The number of nitrogens with one attached hydrogen (secondary N) is 2. The minimum absolute atomic E-state index is 0.0148. The van der Waals surface area contributed by atoms with E-state index in [0.717, 1.165) is 6.42 Å². The molecule has 1 aliphatic rings. The molecule has 1 aliphatic heterocycles. The molecule has 1 rings (SSSR count). The first-order valence-electron chi connectivity index (χ1n) is 5.20. The van der Waals surface area contributed by atoms with Crippen molar-refractivity contribution in [3.8, 4) is 0 Å². The number of thiocarbonyl (C=S) groups is 1. The van der Waals surface area contributed by atoms with Gasteiger partial charge in [-0.15, -0.1) is 0 Å². The largest absolute Gasteiger partial charge is 0.360 e. The van der Waals surface area contributed by atoms with Crippen molar-refractivity contribution in [2.75, 3.05) is 11.5 Å². The van der Waals surface area contributed by atoms with Crippen molar-refractivity contribution in [2.45, 2.75) is 38.8 Å². The van der Waals surface area contributed by atoms with E-state index in [2.05, 4.69) is 17.6 Å². The highest BCUT2D eigenvalue weighted by atomic mass is 32.2. The molecule has 15 heavy (non-hydrogen) atoms. The summed E-state index contributed by atoms with van der Waals surface area (Å²) in [6, 6.07) is 0.307. The number of hydrogen-bond donors (Lipinski definition) is 2. The van der Waals surface area contributed by atoms with Crippen LogP contribution in [0.4, 0.5) is 0 Å². The van der Waals surface area contributed by atoms with Crippen LogP contribution in [0.3, 0.4) is 0 Å². The SMILES string of the molecule is CCC(C)NC(=S)NC1CCS(=O)(=O)C1. The zero-order valence-corrected chi connectivity index (χ0v) is 10.7. The van der Waals surface area contributed by atoms with Crippen LogP contribution in [-0.2, 0) is 9.84 Å². The monoisotopic (exact) mass is 250 g/mol. The Morgan fingerprint density at radius 1 is 1.60 bits per heavy atom. The first-order chi connectivity index (χ1) is 6.93. The molecule has 1 heterocycles. The van der Waals surface area contributed by atoms with Crippen molar-refractivity contribution in [3.63, 3.8) is 0 Å². The predicted molar refractivity (Wildman–Crippen MR) is 65.7 cm³/mol. The van der Waals surface area contributed by atoms with Crippen LogP contribution in [0.25, 0.3) is 0 Å². The molecular formula is C9H18N2O2S2. The van der Waals surface area contributed by atoms with Crippen LogP contribution in [0.2, 0.25) is 0 Å². The van der Waals surface area contributed by atoms with Crippen molar-refractivity contribution in [1.82, 2.24) is 10.6 Å². The first-order valence-corrected chi connectivity index (χ1v) is 7.43. The van der Waals surface area contributed by atoms with Gasteiger partial charge in [0.25, 0.3) is 0 Å². The quantitative estimate of drug-likeness (QED) is 0.712. The lowest BCUT2D eigenvalue weighted by Gasteiger charge is -2.18. The zero-order valence-electron chi connectivity index (χ0n) is 9.12. The summed E-state index contributed by atoms with van der Waals surface area (Å²) in [5, 5.41) is 6.71. The van der Waals surface area contributed by atoms with Gasteiger partial charge in [0.05, 0.1) is 11.5 Å². The highest BCUT2D eigenvalue weighted by Crippen LogP contribution is 2.10. The van der Waals surface area contributed by atoms with Crippen molar-refractivity contribution in [1.29, 1.82) is 0 Å². The minimum atomic E-state index is -2.83. The second kappa shape index (κ2) is 5.12. The summed E-state index contributed by atoms with van der Waals surface area (Å²) in [7, 11) is -2.83. The fourth-order valence-electron chi connectivity index (χ4n) is 1.46. The van der Waals surface area contributed by atoms with Gasteiger partial charge in [0, 0.05) is 12.1 Å². The second-order valence-corrected chi connectivity index (χ2v) is 6.66. The van der Waals surface area contributed by atoms with E-state index >= 15 is 0 Å². The molecule has 0 aromatic rings. The zero-order chi connectivity index (χ0) is 11.5. The third-order valence-corrected chi connectivity index (χ3v) is 4.56. The third-order valence-electron chi connectivity index (χ3n) is 2.56. The van der Waals surface area contributed by atoms with Crippen molar-refractivity contribution >= 4 is 27.2 Å². The molecule has 0 amide bonds. The summed E-state index contributed by atoms with van der Waals surface area (Å²) < 4.78 is 22.4. The molecule has 88 valence electrons. The third kappa shape index (κ3) is 4.34. The highest BCUT2D eigenvalue weighted by Gasteiger charge is 2.28. The Kier molecular flexibility index (Phi) is 4.33. The van der Waals surface area contributed by atoms with Gasteiger partial charge in [-0.3, -0.25) is 0 Å². The summed E-state index contributed by atoms with van der Waals surface area (Å²) in [5.41, 5.74) is 0. The first kappa shape index (κ1) is 12.7. The predicted octanol–water partition coefficient (Wildman–Crippen LogP) is 0.436. The van der Waals surface area contributed by atoms with Gasteiger partial charge in [0.1, 0.15) is 0 Å². The fourth-order valence-corrected chi connectivity index (χ4v) is 3.50. The van der Waals surface area contributed by atoms with Crippen molar-refractivity contribution in [2.24, 2.45) is 0 Å². The molecule has 0 saturated carbocycles. The topological polar surface area (TPSA) is 58.2 Å². The molecule has 0 radical (unpaired) electrons. The Labute approximate surface area is 96.7 Å². The van der Waals surface area contributed by atoms with Crippen LogP contribution >= 0.6 is 12.2 Å². The summed E-state index contributed by atoms with van der Waals surface area (Å²) in [4.78, 5) is 0. The average Bonchev–Trinajstić information content (AvgIpc) is 2.44. The normalized spacial score (nSPS) is 25.9. The Morgan fingerprint density at radius 2 is 2.27 bits per heavy atom. The van der Waals surface area contributed by atoms with E-state index in [-0.39, 0.29) is 17.5 Å². The van der Waals surface area contributed by atoms with Gasteiger partial charge in [-0.1, -0.05) is 6.92 Å². The Bertz CT molecular complexity index is 327. The number of sulfone groups is 1. The molecule has 1 saturated heterocycles. The van der Waals surface area contributed by atoms with E-state index in [1.807, 2.05) is 6.92 Å². The maximum atomic E-state index is 11.2. The lowest BCUT2D eigenvalue weighted by molar-refractivity contribution is 0.596. The molecule has 4 nitrogen and oxygen atoms in total.